The van der Waals surface area contributed by atoms with E-state index in [-0.39, 0.29) is 5.71 Å². The molecule has 2 N–H and O–H groups in total. The molecule has 0 radical (unpaired) electrons. The number of nitrogens with one attached hydrogen (secondary N) is 2. The molecule has 0 atom stereocenters. The van der Waals surface area contributed by atoms with E-state index in [1.807, 2.05) is 18.2 Å². The number of hydrogen-bond acceptors (Lipinski definition) is 3. The molecule has 4 nitrogen and oxygen atoms in total. The lowest BCUT2D eigenvalue weighted by atomic mass is 10.0. The Morgan fingerprint density at radius 2 is 2.00 bits per heavy atom. The number of aromatic amines is 1. The molecule has 0 aliphatic carbocycles. The maximum atomic E-state index is 11.3. The summed E-state index contributed by atoms with van der Waals surface area (Å²) in [4.78, 5) is 11.3. The fourth-order valence-electron chi connectivity index (χ4n) is 1.42. The lowest BCUT2D eigenvalue weighted by Crippen LogP contribution is -2.12. The number of H-pyrrole nitrogens is 1. The molecule has 0 fully saturated rings. The van der Waals surface area contributed by atoms with E-state index in [9.17, 15) is 4.79 Å². The first-order chi connectivity index (χ1) is 7.20. The largest absolute Gasteiger partial charge is 0.366 e. The van der Waals surface area contributed by atoms with E-state index in [1.165, 1.54) is 0 Å². The Morgan fingerprint density at radius 3 is 2.53 bits per heavy atom. The number of rotatable bonds is 2. The number of aryl methyl sites for hydroxylation is 1. The molecule has 0 spiro atoms. The second kappa shape index (κ2) is 3.57. The summed E-state index contributed by atoms with van der Waals surface area (Å²) in [5.41, 5.74) is 1.26. The maximum Gasteiger partial charge on any atom is 0.366 e. The molecule has 1 aromatic carbocycles. The Kier molecular flexibility index (Phi) is 2.25. The molecule has 0 saturated carbocycles. The topological polar surface area (TPSA) is 69.8 Å². The van der Waals surface area contributed by atoms with Crippen molar-refractivity contribution < 1.29 is 4.52 Å². The van der Waals surface area contributed by atoms with Crippen molar-refractivity contribution in [1.82, 2.24) is 5.16 Å². The van der Waals surface area contributed by atoms with Gasteiger partial charge in [0.1, 0.15) is 5.56 Å². The van der Waals surface area contributed by atoms with Gasteiger partial charge >= 0.3 is 5.63 Å². The number of benzene rings is 1. The third kappa shape index (κ3) is 1.61. The minimum absolute atomic E-state index is 0.183. The highest BCUT2D eigenvalue weighted by Gasteiger charge is 2.14. The molecule has 1 aromatic heterocycles. The van der Waals surface area contributed by atoms with E-state index in [2.05, 4.69) is 9.68 Å². The van der Waals surface area contributed by atoms with Gasteiger partial charge in [0.15, 0.2) is 0 Å². The monoisotopic (exact) mass is 202 g/mol. The summed E-state index contributed by atoms with van der Waals surface area (Å²) in [6.45, 7) is 1.71. The quantitative estimate of drug-likeness (QED) is 0.727. The predicted molar refractivity (Wildman–Crippen MR) is 56.4 cm³/mol. The van der Waals surface area contributed by atoms with Crippen LogP contribution in [0.5, 0.6) is 0 Å². The van der Waals surface area contributed by atoms with Gasteiger partial charge in [0.25, 0.3) is 0 Å². The summed E-state index contributed by atoms with van der Waals surface area (Å²) < 4.78 is 4.62. The Balaban J connectivity index is 2.51. The van der Waals surface area contributed by atoms with Crippen molar-refractivity contribution in [1.29, 1.82) is 5.41 Å². The average molecular weight is 202 g/mol. The highest BCUT2D eigenvalue weighted by atomic mass is 16.5. The highest BCUT2D eigenvalue weighted by Crippen LogP contribution is 2.08. The van der Waals surface area contributed by atoms with Crippen molar-refractivity contribution in [2.24, 2.45) is 0 Å². The fourth-order valence-corrected chi connectivity index (χ4v) is 1.42. The first-order valence-corrected chi connectivity index (χ1v) is 4.52. The predicted octanol–water partition coefficient (Wildman–Crippen LogP) is 1.69. The molecule has 0 amide bonds. The van der Waals surface area contributed by atoms with Gasteiger partial charge in [0.2, 0.25) is 0 Å². The Labute approximate surface area is 86.0 Å². The van der Waals surface area contributed by atoms with Crippen LogP contribution in [-0.4, -0.2) is 10.9 Å². The smallest absolute Gasteiger partial charge is 0.338 e. The van der Waals surface area contributed by atoms with Crippen LogP contribution in [0.25, 0.3) is 0 Å². The van der Waals surface area contributed by atoms with Crippen LogP contribution in [0.3, 0.4) is 0 Å². The van der Waals surface area contributed by atoms with Crippen LogP contribution in [0.15, 0.2) is 39.6 Å². The zero-order valence-corrected chi connectivity index (χ0v) is 8.20. The van der Waals surface area contributed by atoms with Crippen molar-refractivity contribution in [3.8, 4) is 0 Å². The SMILES string of the molecule is Cc1[nH]oc(=O)c1C(=N)c1ccccc1. The molecule has 15 heavy (non-hydrogen) atoms. The molecule has 0 saturated heterocycles. The van der Waals surface area contributed by atoms with Crippen molar-refractivity contribution >= 4 is 5.71 Å². The number of aromatic nitrogens is 1. The van der Waals surface area contributed by atoms with Crippen LogP contribution in [-0.2, 0) is 0 Å². The molecule has 4 heteroatoms. The molecular weight excluding hydrogens is 192 g/mol. The van der Waals surface area contributed by atoms with Gasteiger partial charge in [-0.25, -0.2) is 9.95 Å². The van der Waals surface area contributed by atoms with Gasteiger partial charge in [-0.15, -0.1) is 0 Å². The molecule has 1 heterocycles. The Morgan fingerprint density at radius 1 is 1.33 bits per heavy atom. The minimum Gasteiger partial charge on any atom is -0.338 e. The molecule has 0 bridgehead atoms. The summed E-state index contributed by atoms with van der Waals surface area (Å²) in [5.74, 6) is 0. The molecule has 0 aliphatic heterocycles. The first kappa shape index (κ1) is 9.45. The van der Waals surface area contributed by atoms with Crippen LogP contribution in [0, 0.1) is 12.3 Å². The van der Waals surface area contributed by atoms with Gasteiger partial charge in [-0.3, -0.25) is 5.41 Å². The Hall–Kier alpha value is -2.10. The van der Waals surface area contributed by atoms with Gasteiger partial charge in [0.05, 0.1) is 11.4 Å². The maximum absolute atomic E-state index is 11.3. The van der Waals surface area contributed by atoms with Crippen molar-refractivity contribution in [3.63, 3.8) is 0 Å². The van der Waals surface area contributed by atoms with Crippen LogP contribution >= 0.6 is 0 Å². The molecule has 76 valence electrons. The fraction of sp³-hybridized carbons (Fsp3) is 0.0909. The van der Waals surface area contributed by atoms with Gasteiger partial charge in [-0.1, -0.05) is 30.3 Å². The van der Waals surface area contributed by atoms with E-state index in [1.54, 1.807) is 19.1 Å². The summed E-state index contributed by atoms with van der Waals surface area (Å²) in [5, 5.41) is 10.3. The van der Waals surface area contributed by atoms with Gasteiger partial charge < -0.3 is 4.52 Å². The van der Waals surface area contributed by atoms with E-state index in [0.29, 0.717) is 16.8 Å². The molecule has 0 aliphatic rings. The normalized spacial score (nSPS) is 10.2. The first-order valence-electron chi connectivity index (χ1n) is 4.52. The van der Waals surface area contributed by atoms with Gasteiger partial charge in [-0.2, -0.15) is 0 Å². The number of hydrogen-bond donors (Lipinski definition) is 2. The van der Waals surface area contributed by atoms with Crippen molar-refractivity contribution in [2.75, 3.05) is 0 Å². The van der Waals surface area contributed by atoms with Crippen molar-refractivity contribution in [2.45, 2.75) is 6.92 Å². The third-order valence-corrected chi connectivity index (χ3v) is 2.19. The van der Waals surface area contributed by atoms with Crippen LogP contribution < -0.4 is 5.63 Å². The standard InChI is InChI=1S/C11H10N2O2/c1-7-9(11(14)15-13-7)10(12)8-5-3-2-4-6-8/h2-6,12-13H,1H3. The highest BCUT2D eigenvalue weighted by molar-refractivity contribution is 6.11. The summed E-state index contributed by atoms with van der Waals surface area (Å²) in [6.07, 6.45) is 0. The zero-order chi connectivity index (χ0) is 10.8. The van der Waals surface area contributed by atoms with Gasteiger partial charge in [0, 0.05) is 5.56 Å². The van der Waals surface area contributed by atoms with Crippen molar-refractivity contribution in [3.05, 3.63) is 57.6 Å². The Bertz CT molecular complexity index is 537. The second-order valence-electron chi connectivity index (χ2n) is 3.23. The summed E-state index contributed by atoms with van der Waals surface area (Å²) >= 11 is 0. The molecule has 0 unspecified atom stereocenters. The molecular formula is C11H10N2O2. The molecule has 2 aromatic rings. The average Bonchev–Trinajstić information content (AvgIpc) is 2.59. The van der Waals surface area contributed by atoms with Crippen LogP contribution in [0.2, 0.25) is 0 Å². The van der Waals surface area contributed by atoms with Crippen LogP contribution in [0.4, 0.5) is 0 Å². The van der Waals surface area contributed by atoms with Crippen LogP contribution in [0.1, 0.15) is 16.8 Å². The lowest BCUT2D eigenvalue weighted by molar-refractivity contribution is 0.387. The minimum atomic E-state index is -0.499. The van der Waals surface area contributed by atoms with E-state index in [4.69, 9.17) is 5.41 Å². The molecule has 2 rings (SSSR count). The van der Waals surface area contributed by atoms with E-state index in [0.717, 1.165) is 0 Å². The van der Waals surface area contributed by atoms with E-state index < -0.39 is 5.63 Å². The zero-order valence-electron chi connectivity index (χ0n) is 8.20. The summed E-state index contributed by atoms with van der Waals surface area (Å²) in [7, 11) is 0. The van der Waals surface area contributed by atoms with E-state index >= 15 is 0 Å². The van der Waals surface area contributed by atoms with Gasteiger partial charge in [-0.05, 0) is 6.92 Å². The summed E-state index contributed by atoms with van der Waals surface area (Å²) in [6, 6.07) is 9.09. The second-order valence-corrected chi connectivity index (χ2v) is 3.23. The third-order valence-electron chi connectivity index (χ3n) is 2.19. The lowest BCUT2D eigenvalue weighted by Gasteiger charge is -1.99.